The second-order valence-electron chi connectivity index (χ2n) is 5.81. The van der Waals surface area contributed by atoms with Crippen molar-refractivity contribution in [3.8, 4) is 0 Å². The molecule has 1 aliphatic heterocycles. The van der Waals surface area contributed by atoms with Gasteiger partial charge in [0.05, 0.1) is 0 Å². The van der Waals surface area contributed by atoms with Crippen molar-refractivity contribution in [3.63, 3.8) is 0 Å². The topological polar surface area (TPSA) is 45.2 Å². The molecule has 21 heavy (non-hydrogen) atoms. The van der Waals surface area contributed by atoms with Crippen LogP contribution < -0.4 is 5.32 Å². The summed E-state index contributed by atoms with van der Waals surface area (Å²) in [6, 6.07) is 4.04. The predicted octanol–water partition coefficient (Wildman–Crippen LogP) is 3.04. The molecule has 5 heteroatoms. The lowest BCUT2D eigenvalue weighted by atomic mass is 10.0. The molecule has 1 unspecified atom stereocenters. The number of halogens is 1. The lowest BCUT2D eigenvalue weighted by Crippen LogP contribution is -2.39. The molecule has 1 fully saturated rings. The maximum absolute atomic E-state index is 12.1. The van der Waals surface area contributed by atoms with Crippen molar-refractivity contribution in [2.75, 3.05) is 19.6 Å². The minimum Gasteiger partial charge on any atom is -0.352 e. The van der Waals surface area contributed by atoms with Crippen molar-refractivity contribution in [2.45, 2.75) is 45.6 Å². The van der Waals surface area contributed by atoms with E-state index in [-0.39, 0.29) is 5.91 Å². The average Bonchev–Trinajstić information content (AvgIpc) is 2.44. The van der Waals surface area contributed by atoms with Crippen LogP contribution in [-0.2, 0) is 0 Å². The lowest BCUT2D eigenvalue weighted by Gasteiger charge is -2.33. The van der Waals surface area contributed by atoms with Gasteiger partial charge in [0.1, 0.15) is 5.15 Å². The van der Waals surface area contributed by atoms with Crippen molar-refractivity contribution < 1.29 is 4.79 Å². The zero-order valence-corrected chi connectivity index (χ0v) is 13.6. The van der Waals surface area contributed by atoms with Gasteiger partial charge in [-0.25, -0.2) is 4.98 Å². The molecule has 1 N–H and O–H groups in total. The quantitative estimate of drug-likeness (QED) is 0.671. The van der Waals surface area contributed by atoms with Crippen LogP contribution in [0.4, 0.5) is 0 Å². The van der Waals surface area contributed by atoms with Gasteiger partial charge in [0.25, 0.3) is 5.91 Å². The summed E-state index contributed by atoms with van der Waals surface area (Å²) in [5.41, 5.74) is 1.34. The minimum atomic E-state index is -0.0749. The Morgan fingerprint density at radius 2 is 2.29 bits per heavy atom. The van der Waals surface area contributed by atoms with Gasteiger partial charge in [-0.2, -0.15) is 0 Å². The maximum atomic E-state index is 12.1. The Kier molecular flexibility index (Phi) is 6.00. The zero-order valence-electron chi connectivity index (χ0n) is 12.9. The fraction of sp³-hybridized carbons (Fsp3) is 0.625. The Hall–Kier alpha value is -1.13. The summed E-state index contributed by atoms with van der Waals surface area (Å²) in [6.07, 6.45) is 4.91. The number of amides is 1. The summed E-state index contributed by atoms with van der Waals surface area (Å²) in [5, 5.41) is 3.32. The Morgan fingerprint density at radius 1 is 1.48 bits per heavy atom. The normalized spacial score (nSPS) is 19.5. The number of nitrogens with zero attached hydrogens (tertiary/aromatic N) is 2. The Bertz CT molecular complexity index is 472. The molecule has 0 saturated carbocycles. The molecule has 2 heterocycles. The molecule has 0 bridgehead atoms. The maximum Gasteiger partial charge on any atom is 0.251 e. The van der Waals surface area contributed by atoms with Crippen LogP contribution in [0.25, 0.3) is 0 Å². The van der Waals surface area contributed by atoms with Crippen LogP contribution in [0.1, 0.15) is 48.7 Å². The summed E-state index contributed by atoms with van der Waals surface area (Å²) >= 11 is 5.88. The molecule has 1 atom stereocenters. The highest BCUT2D eigenvalue weighted by Gasteiger charge is 2.17. The van der Waals surface area contributed by atoms with Crippen LogP contribution in [0.3, 0.4) is 0 Å². The van der Waals surface area contributed by atoms with E-state index >= 15 is 0 Å². The molecule has 4 nitrogen and oxygen atoms in total. The van der Waals surface area contributed by atoms with E-state index in [4.69, 9.17) is 11.6 Å². The monoisotopic (exact) mass is 309 g/mol. The Labute approximate surface area is 131 Å². The second-order valence-corrected chi connectivity index (χ2v) is 6.20. The number of carbonyl (C=O) groups is 1. The van der Waals surface area contributed by atoms with E-state index in [2.05, 4.69) is 22.1 Å². The predicted molar refractivity (Wildman–Crippen MR) is 85.8 cm³/mol. The van der Waals surface area contributed by atoms with Crippen LogP contribution in [0, 0.1) is 6.92 Å². The summed E-state index contributed by atoms with van der Waals surface area (Å²) in [5.74, 6) is -0.0749. The first-order valence-corrected chi connectivity index (χ1v) is 8.10. The molecule has 0 radical (unpaired) electrons. The van der Waals surface area contributed by atoms with Crippen LogP contribution in [0.15, 0.2) is 12.1 Å². The molecule has 0 spiro atoms. The molecule has 1 aliphatic rings. The molecule has 116 valence electrons. The molecule has 1 saturated heterocycles. The summed E-state index contributed by atoms with van der Waals surface area (Å²) in [7, 11) is 0. The van der Waals surface area contributed by atoms with Crippen LogP contribution in [0.2, 0.25) is 5.15 Å². The number of piperidine rings is 1. The molecular formula is C16H24ClN3O. The molecule has 2 rings (SSSR count). The largest absolute Gasteiger partial charge is 0.352 e. The van der Waals surface area contributed by atoms with Crippen molar-refractivity contribution in [3.05, 3.63) is 28.5 Å². The highest BCUT2D eigenvalue weighted by atomic mass is 35.5. The van der Waals surface area contributed by atoms with Gasteiger partial charge >= 0.3 is 0 Å². The van der Waals surface area contributed by atoms with Gasteiger partial charge in [0.15, 0.2) is 0 Å². The molecule has 0 aliphatic carbocycles. The van der Waals surface area contributed by atoms with E-state index < -0.39 is 0 Å². The molecule has 0 aromatic carbocycles. The first-order valence-electron chi connectivity index (χ1n) is 7.72. The van der Waals surface area contributed by atoms with Gasteiger partial charge in [-0.3, -0.25) is 4.79 Å². The van der Waals surface area contributed by atoms with Crippen molar-refractivity contribution in [2.24, 2.45) is 0 Å². The summed E-state index contributed by atoms with van der Waals surface area (Å²) < 4.78 is 0. The second kappa shape index (κ2) is 7.76. The van der Waals surface area contributed by atoms with E-state index in [1.807, 2.05) is 6.92 Å². The summed E-state index contributed by atoms with van der Waals surface area (Å²) in [6.45, 7) is 7.06. The van der Waals surface area contributed by atoms with Crippen LogP contribution in [-0.4, -0.2) is 41.5 Å². The number of hydrogen-bond donors (Lipinski definition) is 1. The van der Waals surface area contributed by atoms with Gasteiger partial charge in [-0.15, -0.1) is 0 Å². The van der Waals surface area contributed by atoms with E-state index in [9.17, 15) is 4.79 Å². The first kappa shape index (κ1) is 16.2. The van der Waals surface area contributed by atoms with Gasteiger partial charge in [0.2, 0.25) is 0 Å². The van der Waals surface area contributed by atoms with Gasteiger partial charge < -0.3 is 10.2 Å². The standard InChI is InChI=1S/C16H24ClN3O/c1-12-10-14(11-15(17)19-12)16(21)18-7-5-9-20-8-4-3-6-13(20)2/h10-11,13H,3-9H2,1-2H3,(H,18,21). The third kappa shape index (κ3) is 4.97. The Morgan fingerprint density at radius 3 is 3.00 bits per heavy atom. The first-order chi connectivity index (χ1) is 10.1. The molecule has 1 aromatic heterocycles. The molecule has 1 amide bonds. The number of carbonyl (C=O) groups excluding carboxylic acids is 1. The highest BCUT2D eigenvalue weighted by Crippen LogP contribution is 2.16. The van der Waals surface area contributed by atoms with E-state index in [1.54, 1.807) is 12.1 Å². The van der Waals surface area contributed by atoms with Crippen LogP contribution >= 0.6 is 11.6 Å². The number of pyridine rings is 1. The summed E-state index contributed by atoms with van der Waals surface area (Å²) in [4.78, 5) is 18.6. The zero-order chi connectivity index (χ0) is 15.2. The lowest BCUT2D eigenvalue weighted by molar-refractivity contribution is 0.0948. The van der Waals surface area contributed by atoms with Crippen molar-refractivity contribution in [1.82, 2.24) is 15.2 Å². The Balaban J connectivity index is 1.74. The minimum absolute atomic E-state index is 0.0749. The highest BCUT2D eigenvalue weighted by molar-refractivity contribution is 6.29. The van der Waals surface area contributed by atoms with Gasteiger partial charge in [0, 0.05) is 30.4 Å². The SMILES string of the molecule is Cc1cc(C(=O)NCCCN2CCCCC2C)cc(Cl)n1. The van der Waals surface area contributed by atoms with Crippen LogP contribution in [0.5, 0.6) is 0 Å². The van der Waals surface area contributed by atoms with Crippen molar-refractivity contribution in [1.29, 1.82) is 0 Å². The smallest absolute Gasteiger partial charge is 0.251 e. The number of aryl methyl sites for hydroxylation is 1. The van der Waals surface area contributed by atoms with E-state index in [1.165, 1.54) is 25.8 Å². The number of nitrogens with one attached hydrogen (secondary N) is 1. The van der Waals surface area contributed by atoms with E-state index in [0.29, 0.717) is 23.3 Å². The number of hydrogen-bond acceptors (Lipinski definition) is 3. The van der Waals surface area contributed by atoms with Gasteiger partial charge in [-0.1, -0.05) is 18.0 Å². The average molecular weight is 310 g/mol. The van der Waals surface area contributed by atoms with E-state index in [0.717, 1.165) is 18.7 Å². The number of likely N-dealkylation sites (tertiary alicyclic amines) is 1. The fourth-order valence-corrected chi connectivity index (χ4v) is 3.09. The third-order valence-electron chi connectivity index (χ3n) is 4.03. The van der Waals surface area contributed by atoms with Crippen molar-refractivity contribution >= 4 is 17.5 Å². The molecule has 1 aromatic rings. The number of rotatable bonds is 5. The molecular weight excluding hydrogens is 286 g/mol. The fourth-order valence-electron chi connectivity index (χ4n) is 2.84. The number of aromatic nitrogens is 1. The third-order valence-corrected chi connectivity index (χ3v) is 4.23. The van der Waals surface area contributed by atoms with Gasteiger partial charge in [-0.05, 0) is 51.8 Å².